The van der Waals surface area contributed by atoms with Crippen molar-refractivity contribution in [1.82, 2.24) is 0 Å². The minimum Gasteiger partial charge on any atom is -0.469 e. The predicted molar refractivity (Wildman–Crippen MR) is 74.4 cm³/mol. The molecule has 1 saturated heterocycles. The highest BCUT2D eigenvalue weighted by Crippen LogP contribution is 2.72. The molecule has 5 nitrogen and oxygen atoms in total. The number of hydrogen-bond donors (Lipinski definition) is 0. The number of hydrogen-bond acceptors (Lipinski definition) is 5. The van der Waals surface area contributed by atoms with Crippen molar-refractivity contribution in [3.8, 4) is 0 Å². The molecule has 21 heavy (non-hydrogen) atoms. The average Bonchev–Trinajstić information content (AvgIpc) is 3.19. The van der Waals surface area contributed by atoms with Crippen LogP contribution in [0, 0.1) is 23.2 Å². The van der Waals surface area contributed by atoms with Gasteiger partial charge in [-0.05, 0) is 36.5 Å². The molecule has 1 heterocycles. The van der Waals surface area contributed by atoms with Crippen molar-refractivity contribution in [2.45, 2.75) is 51.2 Å². The maximum atomic E-state index is 12.0. The van der Waals surface area contributed by atoms with Gasteiger partial charge in [-0.25, -0.2) is 0 Å². The van der Waals surface area contributed by atoms with Crippen LogP contribution in [0.15, 0.2) is 0 Å². The first-order chi connectivity index (χ1) is 9.85. The molecule has 1 aliphatic heterocycles. The third-order valence-electron chi connectivity index (χ3n) is 6.15. The quantitative estimate of drug-likeness (QED) is 0.573. The molecule has 0 aromatic heterocycles. The molecule has 0 spiro atoms. The molecule has 0 unspecified atom stereocenters. The van der Waals surface area contributed by atoms with Crippen molar-refractivity contribution < 1.29 is 23.8 Å². The minimum absolute atomic E-state index is 0.0670. The van der Waals surface area contributed by atoms with E-state index in [0.717, 1.165) is 12.3 Å². The van der Waals surface area contributed by atoms with Crippen LogP contribution < -0.4 is 0 Å². The fourth-order valence-corrected chi connectivity index (χ4v) is 4.69. The SMILES string of the molecule is COC(=O)C[C@H](C[C@]12O[C@H]1C[C@H]1C[C@@H]2C1(C)C)C(=O)OC. The van der Waals surface area contributed by atoms with E-state index in [2.05, 4.69) is 13.8 Å². The summed E-state index contributed by atoms with van der Waals surface area (Å²) in [6.07, 6.45) is 3.15. The van der Waals surface area contributed by atoms with Crippen molar-refractivity contribution in [2.24, 2.45) is 23.2 Å². The lowest BCUT2D eigenvalue weighted by molar-refractivity contribution is -0.154. The van der Waals surface area contributed by atoms with Crippen LogP contribution >= 0.6 is 0 Å². The largest absolute Gasteiger partial charge is 0.469 e. The predicted octanol–water partition coefficient (Wildman–Crippen LogP) is 1.93. The monoisotopic (exact) mass is 296 g/mol. The Bertz CT molecular complexity index is 471. The Kier molecular flexibility index (Phi) is 3.32. The number of carbonyl (C=O) groups is 2. The fourth-order valence-electron chi connectivity index (χ4n) is 4.69. The van der Waals surface area contributed by atoms with Gasteiger partial charge in [0.2, 0.25) is 0 Å². The van der Waals surface area contributed by atoms with E-state index >= 15 is 0 Å². The van der Waals surface area contributed by atoms with E-state index in [4.69, 9.17) is 14.2 Å². The topological polar surface area (TPSA) is 65.1 Å². The van der Waals surface area contributed by atoms with Crippen molar-refractivity contribution in [3.63, 3.8) is 0 Å². The smallest absolute Gasteiger partial charge is 0.309 e. The third kappa shape index (κ3) is 2.08. The molecule has 0 amide bonds. The van der Waals surface area contributed by atoms with E-state index in [1.165, 1.54) is 20.6 Å². The van der Waals surface area contributed by atoms with Crippen molar-refractivity contribution in [2.75, 3.05) is 14.2 Å². The van der Waals surface area contributed by atoms with E-state index < -0.39 is 5.92 Å². The lowest BCUT2D eigenvalue weighted by Crippen LogP contribution is -2.57. The van der Waals surface area contributed by atoms with Gasteiger partial charge in [0.15, 0.2) is 0 Å². The summed E-state index contributed by atoms with van der Waals surface area (Å²) in [6, 6.07) is 0. The van der Waals surface area contributed by atoms with Gasteiger partial charge in [0, 0.05) is 0 Å². The summed E-state index contributed by atoms with van der Waals surface area (Å²) in [4.78, 5) is 23.5. The lowest BCUT2D eigenvalue weighted by atomic mass is 9.44. The van der Waals surface area contributed by atoms with Crippen LogP contribution in [-0.2, 0) is 23.8 Å². The summed E-state index contributed by atoms with van der Waals surface area (Å²) in [7, 11) is 2.70. The number of carbonyl (C=O) groups excluding carboxylic acids is 2. The van der Waals surface area contributed by atoms with Crippen LogP contribution in [0.2, 0.25) is 0 Å². The van der Waals surface area contributed by atoms with Crippen molar-refractivity contribution in [3.05, 3.63) is 0 Å². The zero-order valence-corrected chi connectivity index (χ0v) is 13.2. The number of epoxide rings is 1. The zero-order chi connectivity index (χ0) is 15.4. The van der Waals surface area contributed by atoms with Gasteiger partial charge in [-0.2, -0.15) is 0 Å². The Hall–Kier alpha value is -1.10. The maximum absolute atomic E-state index is 12.0. The Morgan fingerprint density at radius 3 is 2.52 bits per heavy atom. The first-order valence-electron chi connectivity index (χ1n) is 7.67. The van der Waals surface area contributed by atoms with Crippen LogP contribution in [0.5, 0.6) is 0 Å². The maximum Gasteiger partial charge on any atom is 0.309 e. The Balaban J connectivity index is 1.74. The van der Waals surface area contributed by atoms with Gasteiger partial charge in [-0.3, -0.25) is 9.59 Å². The second-order valence-electron chi connectivity index (χ2n) is 7.31. The van der Waals surface area contributed by atoms with Gasteiger partial charge in [0.1, 0.15) is 0 Å². The van der Waals surface area contributed by atoms with Crippen LogP contribution in [-0.4, -0.2) is 37.9 Å². The first-order valence-corrected chi connectivity index (χ1v) is 7.67. The van der Waals surface area contributed by atoms with E-state index in [1.807, 2.05) is 0 Å². The summed E-state index contributed by atoms with van der Waals surface area (Å²) < 4.78 is 15.6. The molecule has 0 N–H and O–H groups in total. The minimum atomic E-state index is -0.472. The van der Waals surface area contributed by atoms with E-state index in [9.17, 15) is 9.59 Å². The van der Waals surface area contributed by atoms with Gasteiger partial charge in [-0.1, -0.05) is 13.8 Å². The molecule has 0 radical (unpaired) electrons. The molecule has 4 aliphatic rings. The third-order valence-corrected chi connectivity index (χ3v) is 6.15. The molecule has 3 aliphatic carbocycles. The summed E-state index contributed by atoms with van der Waals surface area (Å²) in [6.45, 7) is 4.58. The molecule has 0 aromatic rings. The van der Waals surface area contributed by atoms with Crippen LogP contribution in [0.4, 0.5) is 0 Å². The number of esters is 2. The zero-order valence-electron chi connectivity index (χ0n) is 13.2. The summed E-state index contributed by atoms with van der Waals surface area (Å²) in [5.74, 6) is 0.0306. The van der Waals surface area contributed by atoms with Crippen molar-refractivity contribution in [1.29, 1.82) is 0 Å². The van der Waals surface area contributed by atoms with Gasteiger partial charge >= 0.3 is 11.9 Å². The number of ether oxygens (including phenoxy) is 3. The molecule has 5 atom stereocenters. The fraction of sp³-hybridized carbons (Fsp3) is 0.875. The molecule has 118 valence electrons. The van der Waals surface area contributed by atoms with E-state index in [0.29, 0.717) is 12.3 Å². The number of rotatable bonds is 5. The van der Waals surface area contributed by atoms with Crippen molar-refractivity contribution >= 4 is 11.9 Å². The second kappa shape index (κ2) is 4.70. The average molecular weight is 296 g/mol. The molecule has 4 rings (SSSR count). The normalized spacial score (nSPS) is 39.5. The van der Waals surface area contributed by atoms with Gasteiger partial charge in [-0.15, -0.1) is 0 Å². The Morgan fingerprint density at radius 1 is 1.24 bits per heavy atom. The summed E-state index contributed by atoms with van der Waals surface area (Å²) >= 11 is 0. The highest BCUT2D eigenvalue weighted by atomic mass is 16.6. The van der Waals surface area contributed by atoms with Gasteiger partial charge in [0.05, 0.1) is 38.3 Å². The van der Waals surface area contributed by atoms with E-state index in [-0.39, 0.29) is 35.5 Å². The molecule has 2 bridgehead atoms. The molecular weight excluding hydrogens is 272 g/mol. The Labute approximate surface area is 125 Å². The molecule has 4 fully saturated rings. The highest BCUT2D eigenvalue weighted by molar-refractivity contribution is 5.80. The molecule has 0 aromatic carbocycles. The number of methoxy groups -OCH3 is 2. The highest BCUT2D eigenvalue weighted by Gasteiger charge is 2.74. The molecule has 3 saturated carbocycles. The summed E-state index contributed by atoms with van der Waals surface area (Å²) in [5, 5.41) is 0. The van der Waals surface area contributed by atoms with Gasteiger partial charge in [0.25, 0.3) is 0 Å². The molecular formula is C16H24O5. The Morgan fingerprint density at radius 2 is 1.95 bits per heavy atom. The standard InChI is InChI=1S/C16H24O5/c1-15(2)10-6-11(15)16(12(7-10)21-16)8-9(14(18)20-4)5-13(17)19-3/h9-12H,5-8H2,1-4H3/t9-,10-,11-,12+,16-/m1/s1. The van der Waals surface area contributed by atoms with Gasteiger partial charge < -0.3 is 14.2 Å². The van der Waals surface area contributed by atoms with Crippen LogP contribution in [0.3, 0.4) is 0 Å². The lowest BCUT2D eigenvalue weighted by Gasteiger charge is -2.58. The van der Waals surface area contributed by atoms with E-state index in [1.54, 1.807) is 0 Å². The van der Waals surface area contributed by atoms with Crippen LogP contribution in [0.1, 0.15) is 39.5 Å². The second-order valence-corrected chi connectivity index (χ2v) is 7.31. The first kappa shape index (κ1) is 14.8. The molecule has 5 heteroatoms. The summed E-state index contributed by atoms with van der Waals surface area (Å²) in [5.41, 5.74) is 0.0596. The van der Waals surface area contributed by atoms with Crippen LogP contribution in [0.25, 0.3) is 0 Å².